The average Bonchev–Trinajstić information content (AvgIpc) is 3.44. The number of halogens is 2. The second-order valence-electron chi connectivity index (χ2n) is 8.46. The van der Waals surface area contributed by atoms with Gasteiger partial charge in [-0.3, -0.25) is 4.90 Å². The Morgan fingerprint density at radius 3 is 2.44 bits per heavy atom. The highest BCUT2D eigenvalue weighted by Gasteiger charge is 2.33. The predicted molar refractivity (Wildman–Crippen MR) is 126 cm³/mol. The molecule has 0 saturated carbocycles. The number of aryl methyl sites for hydroxylation is 1. The van der Waals surface area contributed by atoms with Crippen LogP contribution in [0.15, 0.2) is 51.9 Å². The number of nitrogens with zero attached hydrogens (tertiary/aromatic N) is 5. The maximum atomic E-state index is 13.5. The summed E-state index contributed by atoms with van der Waals surface area (Å²) in [6, 6.07) is 9.58. The van der Waals surface area contributed by atoms with Gasteiger partial charge in [0.2, 0.25) is 21.7 Å². The molecule has 0 bridgehead atoms. The number of hydrogen-bond donors (Lipinski definition) is 0. The Kier molecular flexibility index (Phi) is 7.33. The molecule has 1 unspecified atom stereocenters. The Balaban J connectivity index is 1.30. The number of cyclic esters (lactones) is 1. The summed E-state index contributed by atoms with van der Waals surface area (Å²) in [5.41, 5.74) is 1.41. The van der Waals surface area contributed by atoms with E-state index in [1.807, 2.05) is 4.90 Å². The van der Waals surface area contributed by atoms with Gasteiger partial charge in [0.1, 0.15) is 6.10 Å². The van der Waals surface area contributed by atoms with Crippen molar-refractivity contribution in [1.29, 1.82) is 0 Å². The van der Waals surface area contributed by atoms with E-state index in [-0.39, 0.29) is 11.4 Å². The number of likely N-dealkylation sites (N-methyl/N-ethyl adjacent to an activating group) is 2. The number of carbonyl (C=O) groups excluding carboxylic acids is 1. The first kappa shape index (κ1) is 25.7. The van der Waals surface area contributed by atoms with E-state index in [2.05, 4.69) is 10.1 Å². The van der Waals surface area contributed by atoms with E-state index in [4.69, 9.17) is 9.26 Å². The van der Waals surface area contributed by atoms with Crippen LogP contribution in [-0.4, -0.2) is 80.2 Å². The highest BCUT2D eigenvalue weighted by molar-refractivity contribution is 7.89. The molecule has 10 nitrogen and oxygen atoms in total. The molecule has 192 valence electrons. The van der Waals surface area contributed by atoms with Crippen LogP contribution in [0.3, 0.4) is 0 Å². The standard InChI is InChI=1S/C23H25F2N5O5S/c1-15-26-22(27-35-15)16-4-6-17(7-5-16)30-14-18(34-23(30)31)13-28(2)10-11-29(3)36(32,33)19-8-9-20(24)21(25)12-19/h4-9,12,18H,10-11,13-14H2,1-3H3. The molecule has 1 fully saturated rings. The number of rotatable bonds is 9. The van der Waals surface area contributed by atoms with Crippen molar-refractivity contribution in [2.75, 3.05) is 45.2 Å². The topological polar surface area (TPSA) is 109 Å². The summed E-state index contributed by atoms with van der Waals surface area (Å²) >= 11 is 0. The zero-order chi connectivity index (χ0) is 26.0. The van der Waals surface area contributed by atoms with Crippen molar-refractivity contribution in [2.24, 2.45) is 0 Å². The molecule has 36 heavy (non-hydrogen) atoms. The van der Waals surface area contributed by atoms with Gasteiger partial charge < -0.3 is 14.2 Å². The van der Waals surface area contributed by atoms with Gasteiger partial charge in [-0.2, -0.15) is 9.29 Å². The maximum Gasteiger partial charge on any atom is 0.414 e. The molecular formula is C23H25F2N5O5S. The molecule has 1 aliphatic rings. The summed E-state index contributed by atoms with van der Waals surface area (Å²) in [6.07, 6.45) is -0.898. The molecule has 3 aromatic rings. The number of carbonyl (C=O) groups is 1. The summed E-state index contributed by atoms with van der Waals surface area (Å²) < 4.78 is 63.4. The minimum atomic E-state index is -3.99. The molecule has 1 aliphatic heterocycles. The summed E-state index contributed by atoms with van der Waals surface area (Å²) in [4.78, 5) is 19.6. The van der Waals surface area contributed by atoms with Gasteiger partial charge in [0, 0.05) is 44.9 Å². The highest BCUT2D eigenvalue weighted by Crippen LogP contribution is 2.25. The number of sulfonamides is 1. The second kappa shape index (κ2) is 10.3. The first-order valence-corrected chi connectivity index (χ1v) is 12.5. The van der Waals surface area contributed by atoms with Crippen molar-refractivity contribution < 1.29 is 31.3 Å². The Hall–Kier alpha value is -3.42. The molecule has 1 aromatic heterocycles. The molecular weight excluding hydrogens is 496 g/mol. The highest BCUT2D eigenvalue weighted by atomic mass is 32.2. The first-order chi connectivity index (χ1) is 17.0. The Labute approximate surface area is 207 Å². The van der Waals surface area contributed by atoms with Crippen molar-refractivity contribution in [2.45, 2.75) is 17.9 Å². The summed E-state index contributed by atoms with van der Waals surface area (Å²) in [5.74, 6) is -1.43. The van der Waals surface area contributed by atoms with Crippen LogP contribution >= 0.6 is 0 Å². The molecule has 0 radical (unpaired) electrons. The number of hydrogen-bond acceptors (Lipinski definition) is 8. The third kappa shape index (κ3) is 5.53. The normalized spacial score (nSPS) is 16.2. The number of ether oxygens (including phenoxy) is 1. The lowest BCUT2D eigenvalue weighted by Gasteiger charge is -2.23. The van der Waals surface area contributed by atoms with Crippen LogP contribution < -0.4 is 4.90 Å². The van der Waals surface area contributed by atoms with Gasteiger partial charge in [0.25, 0.3) is 0 Å². The largest absolute Gasteiger partial charge is 0.443 e. The van der Waals surface area contributed by atoms with Crippen molar-refractivity contribution >= 4 is 21.8 Å². The predicted octanol–water partition coefficient (Wildman–Crippen LogP) is 2.90. The van der Waals surface area contributed by atoms with Crippen molar-refractivity contribution in [3.05, 3.63) is 60.0 Å². The first-order valence-electron chi connectivity index (χ1n) is 11.0. The number of aromatic nitrogens is 2. The van der Waals surface area contributed by atoms with Gasteiger partial charge in [-0.05, 0) is 49.5 Å². The average molecular weight is 522 g/mol. The van der Waals surface area contributed by atoms with Crippen LogP contribution in [0.4, 0.5) is 19.3 Å². The zero-order valence-electron chi connectivity index (χ0n) is 19.9. The third-order valence-corrected chi connectivity index (χ3v) is 7.60. The van der Waals surface area contributed by atoms with E-state index >= 15 is 0 Å². The van der Waals surface area contributed by atoms with E-state index < -0.39 is 33.9 Å². The van der Waals surface area contributed by atoms with Crippen LogP contribution in [0.25, 0.3) is 11.4 Å². The Bertz CT molecular complexity index is 1350. The van der Waals surface area contributed by atoms with E-state index in [9.17, 15) is 22.0 Å². The van der Waals surface area contributed by atoms with Crippen LogP contribution in [0.2, 0.25) is 0 Å². The van der Waals surface area contributed by atoms with Gasteiger partial charge in [0.05, 0.1) is 11.4 Å². The monoisotopic (exact) mass is 521 g/mol. The van der Waals surface area contributed by atoms with Crippen LogP contribution in [0.5, 0.6) is 0 Å². The van der Waals surface area contributed by atoms with Gasteiger partial charge in [-0.1, -0.05) is 5.16 Å². The minimum Gasteiger partial charge on any atom is -0.443 e. The zero-order valence-corrected chi connectivity index (χ0v) is 20.7. The molecule has 0 N–H and O–H groups in total. The van der Waals surface area contributed by atoms with E-state index in [1.54, 1.807) is 38.2 Å². The third-order valence-electron chi connectivity index (χ3n) is 5.75. The van der Waals surface area contributed by atoms with Crippen LogP contribution in [0.1, 0.15) is 5.89 Å². The van der Waals surface area contributed by atoms with Crippen molar-refractivity contribution in [1.82, 2.24) is 19.3 Å². The van der Waals surface area contributed by atoms with Gasteiger partial charge >= 0.3 is 6.09 Å². The van der Waals surface area contributed by atoms with Gasteiger partial charge in [-0.25, -0.2) is 22.0 Å². The van der Waals surface area contributed by atoms with E-state index in [0.29, 0.717) is 43.1 Å². The lowest BCUT2D eigenvalue weighted by molar-refractivity contribution is 0.116. The minimum absolute atomic E-state index is 0.0965. The van der Waals surface area contributed by atoms with Crippen LogP contribution in [-0.2, 0) is 14.8 Å². The maximum absolute atomic E-state index is 13.5. The molecule has 0 spiro atoms. The van der Waals surface area contributed by atoms with Gasteiger partial charge in [0.15, 0.2) is 11.6 Å². The molecule has 2 heterocycles. The second-order valence-corrected chi connectivity index (χ2v) is 10.5. The quantitative estimate of drug-likeness (QED) is 0.423. The van der Waals surface area contributed by atoms with Gasteiger partial charge in [-0.15, -0.1) is 0 Å². The smallest absolute Gasteiger partial charge is 0.414 e. The van der Waals surface area contributed by atoms with Crippen molar-refractivity contribution in [3.63, 3.8) is 0 Å². The van der Waals surface area contributed by atoms with E-state index in [1.165, 1.54) is 11.9 Å². The Morgan fingerprint density at radius 1 is 1.08 bits per heavy atom. The SMILES string of the molecule is Cc1nc(-c2ccc(N3CC(CN(C)CCN(C)S(=O)(=O)c4ccc(F)c(F)c4)OC3=O)cc2)no1. The number of anilines is 1. The van der Waals surface area contributed by atoms with Crippen LogP contribution in [0, 0.1) is 18.6 Å². The fourth-order valence-corrected chi connectivity index (χ4v) is 4.90. The summed E-state index contributed by atoms with van der Waals surface area (Å²) in [6.45, 7) is 2.83. The lowest BCUT2D eigenvalue weighted by atomic mass is 10.2. The molecule has 4 rings (SSSR count). The molecule has 1 amide bonds. The fourth-order valence-electron chi connectivity index (χ4n) is 3.72. The Morgan fingerprint density at radius 2 is 1.81 bits per heavy atom. The molecule has 13 heteroatoms. The number of amides is 1. The molecule has 0 aliphatic carbocycles. The number of benzene rings is 2. The molecule has 1 saturated heterocycles. The molecule has 1 atom stereocenters. The van der Waals surface area contributed by atoms with E-state index in [0.717, 1.165) is 22.0 Å². The summed E-state index contributed by atoms with van der Waals surface area (Å²) in [7, 11) is -0.849. The van der Waals surface area contributed by atoms with Crippen molar-refractivity contribution in [3.8, 4) is 11.4 Å². The lowest BCUT2D eigenvalue weighted by Crippen LogP contribution is -2.38. The fraction of sp³-hybridized carbons (Fsp3) is 0.348. The molecule has 2 aromatic carbocycles. The summed E-state index contributed by atoms with van der Waals surface area (Å²) in [5, 5.41) is 3.87.